The van der Waals surface area contributed by atoms with Gasteiger partial charge in [-0.3, -0.25) is 14.8 Å². The van der Waals surface area contributed by atoms with Crippen LogP contribution in [0.1, 0.15) is 18.3 Å². The lowest BCUT2D eigenvalue weighted by Gasteiger charge is -2.24. The second-order valence-electron chi connectivity index (χ2n) is 3.96. The molecule has 0 aliphatic carbocycles. The van der Waals surface area contributed by atoms with E-state index in [1.54, 1.807) is 11.8 Å². The van der Waals surface area contributed by atoms with Gasteiger partial charge in [0.2, 0.25) is 0 Å². The molecule has 0 bridgehead atoms. The first kappa shape index (κ1) is 10.8. The van der Waals surface area contributed by atoms with Gasteiger partial charge in [0, 0.05) is 12.2 Å². The number of hydrogen-bond donors (Lipinski definition) is 0. The maximum absolute atomic E-state index is 11.8. The molecule has 0 saturated carbocycles. The first-order chi connectivity index (χ1) is 7.66. The zero-order chi connectivity index (χ0) is 11.5. The summed E-state index contributed by atoms with van der Waals surface area (Å²) in [6.07, 6.45) is 0. The standard InChI is InChI=1S/C12H15N3O/c1-9-4-3-5-11(14-9)8-15-7-6-13-10(2)12(15)16/h3-5H,6-8H2,1-2H3. The SMILES string of the molecule is CC1=NCCN(Cc2cccc(C)n2)C1=O. The lowest BCUT2D eigenvalue weighted by molar-refractivity contribution is -0.125. The zero-order valence-electron chi connectivity index (χ0n) is 9.60. The minimum absolute atomic E-state index is 0.0227. The van der Waals surface area contributed by atoms with Crippen molar-refractivity contribution in [3.05, 3.63) is 29.6 Å². The summed E-state index contributed by atoms with van der Waals surface area (Å²) in [6, 6.07) is 5.86. The summed E-state index contributed by atoms with van der Waals surface area (Å²) in [5.74, 6) is 0.0227. The Bertz CT molecular complexity index is 440. The van der Waals surface area contributed by atoms with Crippen LogP contribution in [0.5, 0.6) is 0 Å². The largest absolute Gasteiger partial charge is 0.330 e. The number of carbonyl (C=O) groups excluding carboxylic acids is 1. The van der Waals surface area contributed by atoms with Gasteiger partial charge in [0.05, 0.1) is 24.5 Å². The van der Waals surface area contributed by atoms with E-state index in [0.29, 0.717) is 25.3 Å². The number of nitrogens with zero attached hydrogens (tertiary/aromatic N) is 3. The highest BCUT2D eigenvalue weighted by Crippen LogP contribution is 2.07. The lowest BCUT2D eigenvalue weighted by Crippen LogP contribution is -2.40. The van der Waals surface area contributed by atoms with Gasteiger partial charge in [-0.15, -0.1) is 0 Å². The molecule has 4 nitrogen and oxygen atoms in total. The molecule has 0 atom stereocenters. The van der Waals surface area contributed by atoms with Crippen molar-refractivity contribution in [2.45, 2.75) is 20.4 Å². The molecule has 16 heavy (non-hydrogen) atoms. The van der Waals surface area contributed by atoms with E-state index < -0.39 is 0 Å². The first-order valence-electron chi connectivity index (χ1n) is 5.39. The number of pyridine rings is 1. The number of rotatable bonds is 2. The molecular weight excluding hydrogens is 202 g/mol. The maximum Gasteiger partial charge on any atom is 0.267 e. The molecule has 4 heteroatoms. The van der Waals surface area contributed by atoms with Crippen LogP contribution >= 0.6 is 0 Å². The summed E-state index contributed by atoms with van der Waals surface area (Å²) >= 11 is 0. The van der Waals surface area contributed by atoms with Crippen LogP contribution in [0.3, 0.4) is 0 Å². The molecule has 0 N–H and O–H groups in total. The molecule has 1 aliphatic rings. The molecule has 2 rings (SSSR count). The van der Waals surface area contributed by atoms with Gasteiger partial charge in [-0.05, 0) is 26.0 Å². The summed E-state index contributed by atoms with van der Waals surface area (Å²) in [4.78, 5) is 22.1. The molecule has 1 aliphatic heterocycles. The third-order valence-electron chi connectivity index (χ3n) is 2.61. The fourth-order valence-corrected chi connectivity index (χ4v) is 1.77. The Morgan fingerprint density at radius 3 is 2.94 bits per heavy atom. The van der Waals surface area contributed by atoms with Gasteiger partial charge in [0.1, 0.15) is 0 Å². The number of aromatic nitrogens is 1. The van der Waals surface area contributed by atoms with Gasteiger partial charge in [0.15, 0.2) is 0 Å². The van der Waals surface area contributed by atoms with Crippen LogP contribution in [-0.2, 0) is 11.3 Å². The van der Waals surface area contributed by atoms with Crippen molar-refractivity contribution in [2.75, 3.05) is 13.1 Å². The molecule has 0 aromatic carbocycles. The molecule has 0 spiro atoms. The third-order valence-corrected chi connectivity index (χ3v) is 2.61. The van der Waals surface area contributed by atoms with Crippen LogP contribution in [0.25, 0.3) is 0 Å². The quantitative estimate of drug-likeness (QED) is 0.747. The number of amides is 1. The van der Waals surface area contributed by atoms with Gasteiger partial charge in [-0.25, -0.2) is 0 Å². The Morgan fingerprint density at radius 1 is 1.38 bits per heavy atom. The lowest BCUT2D eigenvalue weighted by atomic mass is 10.2. The van der Waals surface area contributed by atoms with E-state index in [4.69, 9.17) is 0 Å². The normalized spacial score (nSPS) is 16.2. The monoisotopic (exact) mass is 217 g/mol. The van der Waals surface area contributed by atoms with Crippen molar-refractivity contribution >= 4 is 11.6 Å². The minimum atomic E-state index is 0.0227. The predicted octanol–water partition coefficient (Wildman–Crippen LogP) is 1.19. The van der Waals surface area contributed by atoms with Crippen LogP contribution in [0, 0.1) is 6.92 Å². The fraction of sp³-hybridized carbons (Fsp3) is 0.417. The molecule has 0 unspecified atom stereocenters. The molecule has 2 heterocycles. The molecule has 0 radical (unpaired) electrons. The van der Waals surface area contributed by atoms with Crippen LogP contribution in [-0.4, -0.2) is 34.6 Å². The minimum Gasteiger partial charge on any atom is -0.330 e. The Hall–Kier alpha value is -1.71. The fourth-order valence-electron chi connectivity index (χ4n) is 1.77. The molecule has 1 aromatic heterocycles. The van der Waals surface area contributed by atoms with Crippen LogP contribution in [0.4, 0.5) is 0 Å². The summed E-state index contributed by atoms with van der Waals surface area (Å²) in [7, 11) is 0. The molecule has 84 valence electrons. The van der Waals surface area contributed by atoms with E-state index in [1.165, 1.54) is 0 Å². The Balaban J connectivity index is 2.11. The summed E-state index contributed by atoms with van der Waals surface area (Å²) in [5.41, 5.74) is 2.51. The van der Waals surface area contributed by atoms with Crippen molar-refractivity contribution in [1.82, 2.24) is 9.88 Å². The Kier molecular flexibility index (Phi) is 2.99. The number of aryl methyl sites for hydroxylation is 1. The topological polar surface area (TPSA) is 45.6 Å². The van der Waals surface area contributed by atoms with Gasteiger partial charge in [-0.1, -0.05) is 6.07 Å². The van der Waals surface area contributed by atoms with E-state index in [-0.39, 0.29) is 5.91 Å². The third kappa shape index (κ3) is 2.27. The smallest absolute Gasteiger partial charge is 0.267 e. The number of aliphatic imine (C=N–C) groups is 1. The summed E-state index contributed by atoms with van der Waals surface area (Å²) in [5, 5.41) is 0. The van der Waals surface area contributed by atoms with E-state index in [9.17, 15) is 4.79 Å². The van der Waals surface area contributed by atoms with Crippen LogP contribution in [0.2, 0.25) is 0 Å². The summed E-state index contributed by atoms with van der Waals surface area (Å²) < 4.78 is 0. The number of hydrogen-bond acceptors (Lipinski definition) is 3. The maximum atomic E-state index is 11.8. The average molecular weight is 217 g/mol. The van der Waals surface area contributed by atoms with Gasteiger partial charge < -0.3 is 4.90 Å². The molecule has 1 aromatic rings. The second-order valence-corrected chi connectivity index (χ2v) is 3.96. The summed E-state index contributed by atoms with van der Waals surface area (Å²) in [6.45, 7) is 5.68. The van der Waals surface area contributed by atoms with E-state index in [0.717, 1.165) is 11.4 Å². The predicted molar refractivity (Wildman–Crippen MR) is 62.4 cm³/mol. The second kappa shape index (κ2) is 4.43. The van der Waals surface area contributed by atoms with Crippen molar-refractivity contribution in [3.63, 3.8) is 0 Å². The van der Waals surface area contributed by atoms with Crippen LogP contribution < -0.4 is 0 Å². The molecule has 1 amide bonds. The first-order valence-corrected chi connectivity index (χ1v) is 5.39. The zero-order valence-corrected chi connectivity index (χ0v) is 9.60. The van der Waals surface area contributed by atoms with E-state index >= 15 is 0 Å². The van der Waals surface area contributed by atoms with Crippen molar-refractivity contribution in [2.24, 2.45) is 4.99 Å². The Labute approximate surface area is 95.0 Å². The highest BCUT2D eigenvalue weighted by molar-refractivity contribution is 6.38. The van der Waals surface area contributed by atoms with Crippen LogP contribution in [0.15, 0.2) is 23.2 Å². The average Bonchev–Trinajstić information content (AvgIpc) is 2.25. The van der Waals surface area contributed by atoms with Gasteiger partial charge in [-0.2, -0.15) is 0 Å². The van der Waals surface area contributed by atoms with E-state index in [1.807, 2.05) is 25.1 Å². The van der Waals surface area contributed by atoms with Gasteiger partial charge in [0.25, 0.3) is 5.91 Å². The van der Waals surface area contributed by atoms with Crippen molar-refractivity contribution < 1.29 is 4.79 Å². The number of carbonyl (C=O) groups is 1. The highest BCUT2D eigenvalue weighted by Gasteiger charge is 2.20. The van der Waals surface area contributed by atoms with Crippen molar-refractivity contribution in [1.29, 1.82) is 0 Å². The highest BCUT2D eigenvalue weighted by atomic mass is 16.2. The Morgan fingerprint density at radius 2 is 2.19 bits per heavy atom. The van der Waals surface area contributed by atoms with E-state index in [2.05, 4.69) is 9.98 Å². The molecule has 0 fully saturated rings. The molecule has 0 saturated heterocycles. The van der Waals surface area contributed by atoms with Crippen molar-refractivity contribution in [3.8, 4) is 0 Å². The van der Waals surface area contributed by atoms with Gasteiger partial charge >= 0.3 is 0 Å². The molecular formula is C12H15N3O.